The van der Waals surface area contributed by atoms with E-state index in [1.54, 1.807) is 46.1 Å². The van der Waals surface area contributed by atoms with E-state index < -0.39 is 0 Å². The van der Waals surface area contributed by atoms with Crippen LogP contribution in [-0.2, 0) is 16.6 Å². The molecule has 2 aliphatic heterocycles. The number of anilines is 1. The number of dihydropyridines is 1. The van der Waals surface area contributed by atoms with Crippen molar-refractivity contribution in [3.8, 4) is 0 Å². The quantitative estimate of drug-likeness (QED) is 0.754. The van der Waals surface area contributed by atoms with Gasteiger partial charge in [0, 0.05) is 62.0 Å². The van der Waals surface area contributed by atoms with Crippen molar-refractivity contribution in [2.24, 2.45) is 12.0 Å². The molecule has 1 saturated heterocycles. The van der Waals surface area contributed by atoms with Gasteiger partial charge in [0.25, 0.3) is 5.91 Å². The van der Waals surface area contributed by atoms with Crippen LogP contribution in [0.15, 0.2) is 59.4 Å². The molecule has 0 unspecified atom stereocenters. The lowest BCUT2D eigenvalue weighted by Crippen LogP contribution is -2.40. The van der Waals surface area contributed by atoms with Gasteiger partial charge < -0.3 is 15.0 Å². The number of hydrogen-bond acceptors (Lipinski definition) is 5. The Kier molecular flexibility index (Phi) is 6.37. The zero-order chi connectivity index (χ0) is 21.6. The molecule has 1 N–H and O–H groups in total. The summed E-state index contributed by atoms with van der Waals surface area (Å²) in [5.41, 5.74) is 4.29. The number of nitrogens with one attached hydrogen (secondary N) is 1. The standard InChI is InChI=1S/C23H25N5O3/c1-27-16-19(15-25-27)21-8-9-24-14-18(21)4-7-22(29)26-20-5-2-17(3-6-20)23(30)28-10-12-31-13-11-28/h2-7,14-16H,8-13H2,1H3,(H,26,29)/b7-4+. The Morgan fingerprint density at radius 1 is 1.16 bits per heavy atom. The summed E-state index contributed by atoms with van der Waals surface area (Å²) < 4.78 is 7.04. The van der Waals surface area contributed by atoms with Gasteiger partial charge in [0.05, 0.1) is 19.4 Å². The first-order valence-electron chi connectivity index (χ1n) is 10.3. The molecule has 2 aliphatic rings. The second-order valence-corrected chi connectivity index (χ2v) is 7.43. The van der Waals surface area contributed by atoms with Crippen molar-refractivity contribution in [1.82, 2.24) is 14.7 Å². The number of allylic oxidation sites excluding steroid dienone is 2. The molecule has 0 saturated carbocycles. The first kappa shape index (κ1) is 20.7. The molecule has 4 rings (SSSR count). The molecule has 8 heteroatoms. The number of amides is 2. The van der Waals surface area contributed by atoms with Gasteiger partial charge in [-0.05, 0) is 47.9 Å². The summed E-state index contributed by atoms with van der Waals surface area (Å²) in [6, 6.07) is 6.94. The molecule has 0 atom stereocenters. The highest BCUT2D eigenvalue weighted by molar-refractivity contribution is 6.03. The summed E-state index contributed by atoms with van der Waals surface area (Å²) in [6.07, 6.45) is 9.65. The van der Waals surface area contributed by atoms with Gasteiger partial charge in [-0.3, -0.25) is 19.3 Å². The molecule has 3 heterocycles. The number of hydrogen-bond donors (Lipinski definition) is 1. The summed E-state index contributed by atoms with van der Waals surface area (Å²) >= 11 is 0. The lowest BCUT2D eigenvalue weighted by molar-refractivity contribution is -0.111. The summed E-state index contributed by atoms with van der Waals surface area (Å²) in [6.45, 7) is 3.06. The first-order valence-corrected chi connectivity index (χ1v) is 10.3. The maximum absolute atomic E-state index is 12.5. The Labute approximate surface area is 180 Å². The summed E-state index contributed by atoms with van der Waals surface area (Å²) in [4.78, 5) is 31.0. The second-order valence-electron chi connectivity index (χ2n) is 7.43. The molecule has 0 bridgehead atoms. The third-order valence-electron chi connectivity index (χ3n) is 5.24. The van der Waals surface area contributed by atoms with Crippen LogP contribution in [0.2, 0.25) is 0 Å². The van der Waals surface area contributed by atoms with E-state index in [0.29, 0.717) is 37.6 Å². The van der Waals surface area contributed by atoms with E-state index in [9.17, 15) is 9.59 Å². The van der Waals surface area contributed by atoms with Crippen LogP contribution in [0.5, 0.6) is 0 Å². The highest BCUT2D eigenvalue weighted by atomic mass is 16.5. The maximum Gasteiger partial charge on any atom is 0.254 e. The molecule has 2 amide bonds. The molecule has 0 radical (unpaired) electrons. The van der Waals surface area contributed by atoms with Crippen molar-refractivity contribution >= 4 is 29.3 Å². The van der Waals surface area contributed by atoms with Crippen molar-refractivity contribution in [3.05, 3.63) is 65.5 Å². The number of nitrogens with zero attached hydrogens (tertiary/aromatic N) is 4. The van der Waals surface area contributed by atoms with Crippen LogP contribution in [0.4, 0.5) is 5.69 Å². The fourth-order valence-electron chi connectivity index (χ4n) is 3.59. The van der Waals surface area contributed by atoms with Crippen LogP contribution in [0, 0.1) is 0 Å². The van der Waals surface area contributed by atoms with E-state index in [-0.39, 0.29) is 11.8 Å². The van der Waals surface area contributed by atoms with Gasteiger partial charge in [-0.25, -0.2) is 0 Å². The van der Waals surface area contributed by atoms with Gasteiger partial charge in [0.2, 0.25) is 5.91 Å². The number of morpholine rings is 1. The SMILES string of the molecule is Cn1cc(C2=C(/C=C/C(=O)Nc3ccc(C(=O)N4CCOCC4)cc3)C=NCC2)cn1. The van der Waals surface area contributed by atoms with E-state index in [1.165, 1.54) is 6.08 Å². The molecule has 2 aromatic rings. The predicted octanol–water partition coefficient (Wildman–Crippen LogP) is 2.32. The Bertz CT molecular complexity index is 1040. The molecular formula is C23H25N5O3. The van der Waals surface area contributed by atoms with E-state index >= 15 is 0 Å². The van der Waals surface area contributed by atoms with E-state index in [1.807, 2.05) is 19.4 Å². The van der Waals surface area contributed by atoms with E-state index in [4.69, 9.17) is 4.74 Å². The molecule has 1 aromatic carbocycles. The topological polar surface area (TPSA) is 88.8 Å². The number of aliphatic imine (C=N–C) groups is 1. The average Bonchev–Trinajstić information content (AvgIpc) is 3.24. The number of benzene rings is 1. The maximum atomic E-state index is 12.5. The molecule has 8 nitrogen and oxygen atoms in total. The van der Waals surface area contributed by atoms with Gasteiger partial charge in [-0.1, -0.05) is 0 Å². The molecule has 0 aliphatic carbocycles. The van der Waals surface area contributed by atoms with E-state index in [2.05, 4.69) is 15.4 Å². The van der Waals surface area contributed by atoms with Crippen LogP contribution in [0.25, 0.3) is 5.57 Å². The fourth-order valence-corrected chi connectivity index (χ4v) is 3.59. The van der Waals surface area contributed by atoms with Crippen molar-refractivity contribution in [2.75, 3.05) is 38.2 Å². The third kappa shape index (κ3) is 5.16. The van der Waals surface area contributed by atoms with Gasteiger partial charge in [0.1, 0.15) is 0 Å². The largest absolute Gasteiger partial charge is 0.378 e. The van der Waals surface area contributed by atoms with Gasteiger partial charge in [-0.2, -0.15) is 5.10 Å². The lowest BCUT2D eigenvalue weighted by Gasteiger charge is -2.26. The van der Waals surface area contributed by atoms with Crippen molar-refractivity contribution < 1.29 is 14.3 Å². The van der Waals surface area contributed by atoms with Crippen LogP contribution < -0.4 is 5.32 Å². The number of rotatable bonds is 5. The Balaban J connectivity index is 1.40. The van der Waals surface area contributed by atoms with Crippen LogP contribution in [0.3, 0.4) is 0 Å². The number of carbonyl (C=O) groups is 2. The number of aromatic nitrogens is 2. The number of aryl methyl sites for hydroxylation is 1. The zero-order valence-electron chi connectivity index (χ0n) is 17.5. The molecule has 1 aromatic heterocycles. The summed E-state index contributed by atoms with van der Waals surface area (Å²) in [7, 11) is 1.88. The van der Waals surface area contributed by atoms with Crippen molar-refractivity contribution in [2.45, 2.75) is 6.42 Å². The van der Waals surface area contributed by atoms with Crippen LogP contribution in [-0.4, -0.2) is 65.6 Å². The monoisotopic (exact) mass is 419 g/mol. The Morgan fingerprint density at radius 2 is 1.94 bits per heavy atom. The molecule has 1 fully saturated rings. The third-order valence-corrected chi connectivity index (χ3v) is 5.24. The van der Waals surface area contributed by atoms with Crippen LogP contribution in [0.1, 0.15) is 22.3 Å². The zero-order valence-corrected chi connectivity index (χ0v) is 17.5. The smallest absolute Gasteiger partial charge is 0.254 e. The Morgan fingerprint density at radius 3 is 2.65 bits per heavy atom. The molecular weight excluding hydrogens is 394 g/mol. The highest BCUT2D eigenvalue weighted by Crippen LogP contribution is 2.24. The molecule has 31 heavy (non-hydrogen) atoms. The van der Waals surface area contributed by atoms with Gasteiger partial charge >= 0.3 is 0 Å². The Hall–Kier alpha value is -3.52. The normalized spacial score (nSPS) is 16.7. The van der Waals surface area contributed by atoms with E-state index in [0.717, 1.165) is 29.7 Å². The molecule has 0 spiro atoms. The highest BCUT2D eigenvalue weighted by Gasteiger charge is 2.18. The minimum absolute atomic E-state index is 0.0208. The first-order chi connectivity index (χ1) is 15.1. The minimum atomic E-state index is -0.246. The predicted molar refractivity (Wildman–Crippen MR) is 119 cm³/mol. The van der Waals surface area contributed by atoms with Crippen molar-refractivity contribution in [3.63, 3.8) is 0 Å². The minimum Gasteiger partial charge on any atom is -0.378 e. The van der Waals surface area contributed by atoms with Gasteiger partial charge in [0.15, 0.2) is 0 Å². The summed E-state index contributed by atoms with van der Waals surface area (Å²) in [5.74, 6) is -0.267. The van der Waals surface area contributed by atoms with Gasteiger partial charge in [-0.15, -0.1) is 0 Å². The summed E-state index contributed by atoms with van der Waals surface area (Å²) in [5, 5.41) is 7.06. The molecule has 160 valence electrons. The van der Waals surface area contributed by atoms with Crippen LogP contribution >= 0.6 is 0 Å². The fraction of sp³-hybridized carbons (Fsp3) is 0.304. The number of ether oxygens (including phenoxy) is 1. The van der Waals surface area contributed by atoms with Crippen molar-refractivity contribution in [1.29, 1.82) is 0 Å². The lowest BCUT2D eigenvalue weighted by atomic mass is 9.98. The average molecular weight is 419 g/mol. The number of carbonyl (C=O) groups excluding carboxylic acids is 2. The second kappa shape index (κ2) is 9.53.